The fourth-order valence-corrected chi connectivity index (χ4v) is 4.70. The average Bonchev–Trinajstić information content (AvgIpc) is 3.12. The molecule has 3 nitrogen and oxygen atoms in total. The number of aromatic nitrogens is 1. The lowest BCUT2D eigenvalue weighted by Crippen LogP contribution is -2.33. The van der Waals surface area contributed by atoms with Crippen molar-refractivity contribution in [3.63, 3.8) is 0 Å². The first-order valence-corrected chi connectivity index (χ1v) is 10.5. The highest BCUT2D eigenvalue weighted by atomic mass is 32.1. The van der Waals surface area contributed by atoms with Crippen LogP contribution in [0.3, 0.4) is 0 Å². The maximum Gasteiger partial charge on any atom is 0.262 e. The summed E-state index contributed by atoms with van der Waals surface area (Å²) in [6.07, 6.45) is 7.84. The van der Waals surface area contributed by atoms with Crippen LogP contribution in [0.5, 0.6) is 0 Å². The number of hydrogen-bond donors (Lipinski definition) is 0. The second-order valence-electron chi connectivity index (χ2n) is 6.74. The van der Waals surface area contributed by atoms with Gasteiger partial charge >= 0.3 is 0 Å². The normalized spacial score (nSPS) is 11.8. The Morgan fingerprint density at radius 3 is 2.52 bits per heavy atom. The number of carbonyl (C=O) groups is 1. The van der Waals surface area contributed by atoms with Crippen LogP contribution in [0.15, 0.2) is 85.1 Å². The smallest absolute Gasteiger partial charge is 0.262 e. The van der Waals surface area contributed by atoms with Crippen LogP contribution >= 0.6 is 11.3 Å². The van der Waals surface area contributed by atoms with Crippen molar-refractivity contribution in [2.75, 3.05) is 4.90 Å². The second-order valence-corrected chi connectivity index (χ2v) is 7.81. The van der Waals surface area contributed by atoms with Crippen molar-refractivity contribution in [3.8, 4) is 0 Å². The third-order valence-corrected chi connectivity index (χ3v) is 6.00. The van der Waals surface area contributed by atoms with Gasteiger partial charge in [0, 0.05) is 24.9 Å². The van der Waals surface area contributed by atoms with Crippen LogP contribution in [0, 0.1) is 0 Å². The number of amides is 1. The number of benzene rings is 3. The Morgan fingerprint density at radius 1 is 1.00 bits per heavy atom. The third-order valence-electron chi connectivity index (χ3n) is 4.89. The van der Waals surface area contributed by atoms with Crippen molar-refractivity contribution in [1.29, 1.82) is 0 Å². The van der Waals surface area contributed by atoms with E-state index in [4.69, 9.17) is 0 Å². The van der Waals surface area contributed by atoms with Crippen LogP contribution in [-0.4, -0.2) is 5.91 Å². The van der Waals surface area contributed by atoms with Crippen LogP contribution in [0.1, 0.15) is 18.9 Å². The predicted octanol–water partition coefficient (Wildman–Crippen LogP) is 5.94. The summed E-state index contributed by atoms with van der Waals surface area (Å²) in [6, 6.07) is 22.6. The minimum Gasteiger partial charge on any atom is -0.288 e. The summed E-state index contributed by atoms with van der Waals surface area (Å²) in [6.45, 7) is 4.65. The van der Waals surface area contributed by atoms with Crippen molar-refractivity contribution >= 4 is 50.0 Å². The third kappa shape index (κ3) is 3.84. The minimum atomic E-state index is -0.0159. The van der Waals surface area contributed by atoms with E-state index in [0.29, 0.717) is 0 Å². The van der Waals surface area contributed by atoms with E-state index >= 15 is 0 Å². The predicted molar refractivity (Wildman–Crippen MR) is 123 cm³/mol. The van der Waals surface area contributed by atoms with Crippen LogP contribution in [-0.2, 0) is 11.3 Å². The first-order chi connectivity index (χ1) is 14.2. The van der Waals surface area contributed by atoms with Crippen molar-refractivity contribution in [2.24, 2.45) is 0 Å². The number of hydrogen-bond acceptors (Lipinski definition) is 2. The van der Waals surface area contributed by atoms with Crippen molar-refractivity contribution in [3.05, 3.63) is 90.1 Å². The highest BCUT2D eigenvalue weighted by molar-refractivity contribution is 7.19. The molecule has 0 radical (unpaired) electrons. The number of carbonyl (C=O) groups excluding carboxylic acids is 1. The Labute approximate surface area is 174 Å². The quantitative estimate of drug-likeness (QED) is 0.301. The maximum atomic E-state index is 12.0. The highest BCUT2D eigenvalue weighted by Gasteiger charge is 2.19. The minimum absolute atomic E-state index is 0.0159. The monoisotopic (exact) mass is 399 g/mol. The lowest BCUT2D eigenvalue weighted by atomic mass is 10.1. The summed E-state index contributed by atoms with van der Waals surface area (Å²) in [4.78, 5) is 13.6. The van der Waals surface area contributed by atoms with Crippen LogP contribution in [0.2, 0.25) is 0 Å². The van der Waals surface area contributed by atoms with Gasteiger partial charge in [0.25, 0.3) is 5.01 Å². The van der Waals surface area contributed by atoms with Gasteiger partial charge in [-0.25, -0.2) is 0 Å². The fraction of sp³-hybridized carbons (Fsp3) is 0.120. The molecule has 0 atom stereocenters. The maximum absolute atomic E-state index is 12.0. The zero-order valence-corrected chi connectivity index (χ0v) is 17.4. The van der Waals surface area contributed by atoms with Gasteiger partial charge in [0.2, 0.25) is 11.4 Å². The fourth-order valence-electron chi connectivity index (χ4n) is 3.55. The molecule has 0 unspecified atom stereocenters. The zero-order valence-electron chi connectivity index (χ0n) is 16.6. The molecular formula is C25H23N2OS+. The molecule has 0 N–H and O–H groups in total. The number of aryl methyl sites for hydroxylation is 1. The number of thiazole rings is 1. The van der Waals surface area contributed by atoms with Crippen molar-refractivity contribution in [2.45, 2.75) is 20.4 Å². The van der Waals surface area contributed by atoms with E-state index in [0.717, 1.165) is 12.2 Å². The molecule has 0 fully saturated rings. The van der Waals surface area contributed by atoms with E-state index in [1.807, 2.05) is 48.7 Å². The first-order valence-electron chi connectivity index (χ1n) is 9.73. The van der Waals surface area contributed by atoms with E-state index in [2.05, 4.69) is 54.0 Å². The Balaban J connectivity index is 1.67. The Kier molecular flexibility index (Phi) is 5.54. The summed E-state index contributed by atoms with van der Waals surface area (Å²) in [5, 5.41) is 3.73. The highest BCUT2D eigenvalue weighted by Crippen LogP contribution is 2.28. The molecule has 1 aromatic heterocycles. The van der Waals surface area contributed by atoms with E-state index in [1.165, 1.54) is 26.0 Å². The SMILES string of the molecule is CC[n+]1c(C=CC=CN(C(C)=O)c2ccccc2)sc2ccc3ccccc3c21. The van der Waals surface area contributed by atoms with Crippen LogP contribution < -0.4 is 9.47 Å². The van der Waals surface area contributed by atoms with Gasteiger partial charge in [0.1, 0.15) is 11.2 Å². The van der Waals surface area contributed by atoms with Crippen molar-refractivity contribution < 1.29 is 9.36 Å². The molecule has 0 saturated carbocycles. The number of fused-ring (bicyclic) bond motifs is 3. The molecule has 144 valence electrons. The molecule has 1 heterocycles. The standard InChI is InChI=1S/C25H23N2OS/c1-3-26-24(29-23-17-16-20-11-7-8-14-22(20)25(23)26)15-9-10-18-27(19(2)28)21-12-5-4-6-13-21/h4-18H,3H2,1-2H3/q+1. The molecule has 29 heavy (non-hydrogen) atoms. The summed E-state index contributed by atoms with van der Waals surface area (Å²) < 4.78 is 3.64. The Morgan fingerprint density at radius 2 is 1.76 bits per heavy atom. The largest absolute Gasteiger partial charge is 0.288 e. The van der Waals surface area contributed by atoms with Crippen LogP contribution in [0.4, 0.5) is 5.69 Å². The number of nitrogens with zero attached hydrogens (tertiary/aromatic N) is 2. The molecule has 4 aromatic rings. The molecular weight excluding hydrogens is 376 g/mol. The van der Waals surface area contributed by atoms with Gasteiger partial charge in [0.05, 0.1) is 5.39 Å². The molecule has 4 heteroatoms. The number of anilines is 1. The van der Waals surface area contributed by atoms with Gasteiger partial charge in [-0.2, -0.15) is 4.57 Å². The van der Waals surface area contributed by atoms with E-state index in [9.17, 15) is 4.79 Å². The summed E-state index contributed by atoms with van der Waals surface area (Å²) in [5.74, 6) is -0.0159. The molecule has 0 aliphatic heterocycles. The molecule has 0 bridgehead atoms. The van der Waals surface area contributed by atoms with Crippen molar-refractivity contribution in [1.82, 2.24) is 0 Å². The second kappa shape index (κ2) is 8.41. The van der Waals surface area contributed by atoms with E-state index in [-0.39, 0.29) is 5.91 Å². The van der Waals surface area contributed by atoms with Crippen LogP contribution in [0.25, 0.3) is 27.1 Å². The van der Waals surface area contributed by atoms with Gasteiger partial charge in [-0.1, -0.05) is 59.9 Å². The summed E-state index contributed by atoms with van der Waals surface area (Å²) >= 11 is 1.79. The average molecular weight is 400 g/mol. The van der Waals surface area contributed by atoms with Gasteiger partial charge < -0.3 is 0 Å². The summed E-state index contributed by atoms with van der Waals surface area (Å²) in [7, 11) is 0. The summed E-state index contributed by atoms with van der Waals surface area (Å²) in [5.41, 5.74) is 2.15. The van der Waals surface area contributed by atoms with Gasteiger partial charge in [0.15, 0.2) is 0 Å². The molecule has 0 saturated heterocycles. The lowest BCUT2D eigenvalue weighted by molar-refractivity contribution is -0.664. The van der Waals surface area contributed by atoms with Gasteiger partial charge in [-0.05, 0) is 42.7 Å². The molecule has 0 aliphatic rings. The lowest BCUT2D eigenvalue weighted by Gasteiger charge is -2.15. The number of allylic oxidation sites excluding steroid dienone is 2. The molecule has 0 aliphatic carbocycles. The Bertz CT molecular complexity index is 1220. The van der Waals surface area contributed by atoms with Gasteiger partial charge in [-0.15, -0.1) is 0 Å². The molecule has 4 rings (SSSR count). The topological polar surface area (TPSA) is 24.2 Å². The number of rotatable bonds is 5. The molecule has 3 aromatic carbocycles. The Hall–Kier alpha value is -3.24. The zero-order chi connectivity index (χ0) is 20.2. The molecule has 0 spiro atoms. The molecule has 1 amide bonds. The van der Waals surface area contributed by atoms with E-state index in [1.54, 1.807) is 23.2 Å². The number of para-hydroxylation sites is 1. The first kappa shape index (κ1) is 19.1. The van der Waals surface area contributed by atoms with E-state index < -0.39 is 0 Å². The van der Waals surface area contributed by atoms with Gasteiger partial charge in [-0.3, -0.25) is 9.69 Å².